The van der Waals surface area contributed by atoms with Crippen LogP contribution in [0.3, 0.4) is 0 Å². The van der Waals surface area contributed by atoms with Crippen molar-refractivity contribution in [2.75, 3.05) is 30.8 Å². The molecule has 0 spiro atoms. The fraction of sp³-hybridized carbons (Fsp3) is 0.588. The van der Waals surface area contributed by atoms with Gasteiger partial charge in [-0.25, -0.2) is 4.79 Å². The van der Waals surface area contributed by atoms with E-state index in [-0.39, 0.29) is 5.97 Å². The maximum atomic E-state index is 12.0. The predicted octanol–water partition coefficient (Wildman–Crippen LogP) is 3.46. The first-order valence-corrected chi connectivity index (χ1v) is 7.78. The summed E-state index contributed by atoms with van der Waals surface area (Å²) in [6.07, 6.45) is 4.79. The number of rotatable bonds is 4. The Labute approximate surface area is 127 Å². The molecule has 2 rings (SSSR count). The third-order valence-electron chi connectivity index (χ3n) is 5.09. The van der Waals surface area contributed by atoms with E-state index >= 15 is 0 Å². The highest BCUT2D eigenvalue weighted by molar-refractivity contribution is 5.97. The van der Waals surface area contributed by atoms with Crippen molar-refractivity contribution in [2.24, 2.45) is 5.41 Å². The smallest absolute Gasteiger partial charge is 0.340 e. The Balaban J connectivity index is 2.22. The molecule has 4 nitrogen and oxygen atoms in total. The Kier molecular flexibility index (Phi) is 4.76. The van der Waals surface area contributed by atoms with Crippen molar-refractivity contribution in [1.82, 2.24) is 0 Å². The molecular weight excluding hydrogens is 264 g/mol. The Hall–Kier alpha value is -1.71. The molecule has 0 atom stereocenters. The van der Waals surface area contributed by atoms with Crippen LogP contribution in [0.1, 0.15) is 49.9 Å². The van der Waals surface area contributed by atoms with Crippen molar-refractivity contribution >= 4 is 17.3 Å². The summed E-state index contributed by atoms with van der Waals surface area (Å²) in [6.45, 7) is 6.52. The largest absolute Gasteiger partial charge is 0.465 e. The molecule has 1 saturated heterocycles. The van der Waals surface area contributed by atoms with Crippen LogP contribution >= 0.6 is 0 Å². The van der Waals surface area contributed by atoms with Crippen molar-refractivity contribution in [1.29, 1.82) is 0 Å². The number of nitrogens with zero attached hydrogens (tertiary/aromatic N) is 1. The molecule has 0 aliphatic carbocycles. The van der Waals surface area contributed by atoms with E-state index < -0.39 is 0 Å². The first kappa shape index (κ1) is 15.7. The van der Waals surface area contributed by atoms with Gasteiger partial charge in [0, 0.05) is 18.8 Å². The molecule has 116 valence electrons. The maximum absolute atomic E-state index is 12.0. The van der Waals surface area contributed by atoms with Gasteiger partial charge in [-0.15, -0.1) is 0 Å². The second-order valence-corrected chi connectivity index (χ2v) is 5.96. The molecule has 0 unspecified atom stereocenters. The van der Waals surface area contributed by atoms with Crippen LogP contribution in [0.5, 0.6) is 0 Å². The molecule has 1 aliphatic rings. The van der Waals surface area contributed by atoms with Gasteiger partial charge in [0.1, 0.15) is 0 Å². The van der Waals surface area contributed by atoms with E-state index in [4.69, 9.17) is 10.5 Å². The number of carbonyl (C=O) groups is 1. The van der Waals surface area contributed by atoms with Crippen LogP contribution in [-0.4, -0.2) is 26.2 Å². The van der Waals surface area contributed by atoms with Crippen LogP contribution in [0, 0.1) is 5.41 Å². The molecule has 0 bridgehead atoms. The van der Waals surface area contributed by atoms with E-state index in [9.17, 15) is 4.79 Å². The number of hydrogen-bond donors (Lipinski definition) is 1. The van der Waals surface area contributed by atoms with E-state index in [1.807, 2.05) is 12.1 Å². The first-order chi connectivity index (χ1) is 10.0. The van der Waals surface area contributed by atoms with Crippen LogP contribution in [0.15, 0.2) is 18.2 Å². The molecule has 21 heavy (non-hydrogen) atoms. The van der Waals surface area contributed by atoms with Crippen molar-refractivity contribution in [3.8, 4) is 0 Å². The van der Waals surface area contributed by atoms with Crippen molar-refractivity contribution in [3.05, 3.63) is 23.8 Å². The molecule has 1 aromatic rings. The van der Waals surface area contributed by atoms with Gasteiger partial charge < -0.3 is 15.4 Å². The van der Waals surface area contributed by atoms with Gasteiger partial charge in [0.2, 0.25) is 0 Å². The summed E-state index contributed by atoms with van der Waals surface area (Å²) in [6, 6.07) is 5.50. The van der Waals surface area contributed by atoms with Gasteiger partial charge in [-0.3, -0.25) is 0 Å². The van der Waals surface area contributed by atoms with Crippen molar-refractivity contribution in [2.45, 2.75) is 39.5 Å². The summed E-state index contributed by atoms with van der Waals surface area (Å²) in [5, 5.41) is 0. The minimum Gasteiger partial charge on any atom is -0.465 e. The van der Waals surface area contributed by atoms with Crippen molar-refractivity contribution < 1.29 is 9.53 Å². The molecule has 1 aromatic carbocycles. The number of ether oxygens (including phenoxy) is 1. The lowest BCUT2D eigenvalue weighted by atomic mass is 9.74. The molecule has 0 amide bonds. The molecule has 1 aliphatic heterocycles. The number of benzene rings is 1. The van der Waals surface area contributed by atoms with Crippen LogP contribution in [-0.2, 0) is 4.74 Å². The normalized spacial score (nSPS) is 17.6. The van der Waals surface area contributed by atoms with Gasteiger partial charge in [0.05, 0.1) is 18.4 Å². The third kappa shape index (κ3) is 3.14. The molecule has 1 fully saturated rings. The Bertz CT molecular complexity index is 500. The third-order valence-corrected chi connectivity index (χ3v) is 5.09. The summed E-state index contributed by atoms with van der Waals surface area (Å²) in [5.74, 6) is -0.319. The molecule has 2 N–H and O–H groups in total. The number of piperidine rings is 1. The number of nitrogens with two attached hydrogens (primary N) is 1. The minimum atomic E-state index is -0.319. The number of methoxy groups -OCH3 is 1. The SMILES string of the molecule is CCC1(CC)CCN(c2ccc(N)cc2C(=O)OC)CC1. The quantitative estimate of drug-likeness (QED) is 0.681. The molecule has 4 heteroatoms. The summed E-state index contributed by atoms with van der Waals surface area (Å²) < 4.78 is 4.88. The second kappa shape index (κ2) is 6.37. The second-order valence-electron chi connectivity index (χ2n) is 5.96. The Morgan fingerprint density at radius 3 is 2.43 bits per heavy atom. The van der Waals surface area contributed by atoms with E-state index in [0.29, 0.717) is 16.7 Å². The fourth-order valence-electron chi connectivity index (χ4n) is 3.28. The average Bonchev–Trinajstić information content (AvgIpc) is 2.54. The number of esters is 1. The van der Waals surface area contributed by atoms with E-state index in [0.717, 1.165) is 18.8 Å². The summed E-state index contributed by atoms with van der Waals surface area (Å²) in [7, 11) is 1.41. The lowest BCUT2D eigenvalue weighted by Gasteiger charge is -2.42. The van der Waals surface area contributed by atoms with Gasteiger partial charge in [0.25, 0.3) is 0 Å². The Morgan fingerprint density at radius 1 is 1.29 bits per heavy atom. The molecular formula is C17H26N2O2. The molecule has 0 radical (unpaired) electrons. The summed E-state index contributed by atoms with van der Waals surface area (Å²) in [5.41, 5.74) is 8.38. The highest BCUT2D eigenvalue weighted by atomic mass is 16.5. The number of carbonyl (C=O) groups excluding carboxylic acids is 1. The van der Waals surface area contributed by atoms with E-state index in [1.165, 1.54) is 32.8 Å². The van der Waals surface area contributed by atoms with Gasteiger partial charge in [-0.2, -0.15) is 0 Å². The standard InChI is InChI=1S/C17H26N2O2/c1-4-17(5-2)8-10-19(11-9-17)15-7-6-13(18)12-14(15)16(20)21-3/h6-7,12H,4-5,8-11,18H2,1-3H3. The zero-order valence-corrected chi connectivity index (χ0v) is 13.3. The zero-order valence-electron chi connectivity index (χ0n) is 13.3. The van der Waals surface area contributed by atoms with Crippen LogP contribution in [0.4, 0.5) is 11.4 Å². The number of anilines is 2. The highest BCUT2D eigenvalue weighted by Gasteiger charge is 2.32. The molecule has 1 heterocycles. The monoisotopic (exact) mass is 290 g/mol. The topological polar surface area (TPSA) is 55.6 Å². The van der Waals surface area contributed by atoms with Gasteiger partial charge in [-0.05, 0) is 36.5 Å². The predicted molar refractivity (Wildman–Crippen MR) is 86.7 cm³/mol. The average molecular weight is 290 g/mol. The number of nitrogen functional groups attached to an aromatic ring is 1. The van der Waals surface area contributed by atoms with E-state index in [2.05, 4.69) is 18.7 Å². The zero-order chi connectivity index (χ0) is 15.5. The minimum absolute atomic E-state index is 0.319. The fourth-order valence-corrected chi connectivity index (χ4v) is 3.28. The lowest BCUT2D eigenvalue weighted by Crippen LogP contribution is -2.40. The van der Waals surface area contributed by atoms with Crippen molar-refractivity contribution in [3.63, 3.8) is 0 Å². The summed E-state index contributed by atoms with van der Waals surface area (Å²) in [4.78, 5) is 14.3. The van der Waals surface area contributed by atoms with Crippen LogP contribution in [0.25, 0.3) is 0 Å². The lowest BCUT2D eigenvalue weighted by molar-refractivity contribution is 0.0601. The van der Waals surface area contributed by atoms with Crippen LogP contribution in [0.2, 0.25) is 0 Å². The first-order valence-electron chi connectivity index (χ1n) is 7.78. The summed E-state index contributed by atoms with van der Waals surface area (Å²) >= 11 is 0. The molecule has 0 aromatic heterocycles. The molecule has 0 saturated carbocycles. The maximum Gasteiger partial charge on any atom is 0.340 e. The van der Waals surface area contributed by atoms with Gasteiger partial charge >= 0.3 is 5.97 Å². The van der Waals surface area contributed by atoms with Gasteiger partial charge in [0.15, 0.2) is 0 Å². The highest BCUT2D eigenvalue weighted by Crippen LogP contribution is 2.39. The van der Waals surface area contributed by atoms with Crippen LogP contribution < -0.4 is 10.6 Å². The Morgan fingerprint density at radius 2 is 1.90 bits per heavy atom. The van der Waals surface area contributed by atoms with E-state index in [1.54, 1.807) is 6.07 Å². The number of hydrogen-bond acceptors (Lipinski definition) is 4. The van der Waals surface area contributed by atoms with Gasteiger partial charge in [-0.1, -0.05) is 26.7 Å².